The maximum Gasteiger partial charge on any atom is 0.339 e. The summed E-state index contributed by atoms with van der Waals surface area (Å²) in [7, 11) is 0. The highest BCUT2D eigenvalue weighted by molar-refractivity contribution is 5.89. The van der Waals surface area contributed by atoms with E-state index in [4.69, 9.17) is 10.5 Å². The van der Waals surface area contributed by atoms with E-state index in [1.807, 2.05) is 30.3 Å². The number of ether oxygens (including phenoxy) is 1. The molecule has 0 spiro atoms. The van der Waals surface area contributed by atoms with Crippen LogP contribution < -0.4 is 11.1 Å². The normalized spacial score (nSPS) is 12.4. The molecule has 0 saturated carbocycles. The van der Waals surface area contributed by atoms with E-state index < -0.39 is 18.1 Å². The smallest absolute Gasteiger partial charge is 0.339 e. The number of nitrogens with one attached hydrogen (secondary N) is 1. The van der Waals surface area contributed by atoms with Crippen molar-refractivity contribution >= 4 is 24.3 Å². The number of hydrogen-bond donors (Lipinski definition) is 2. The van der Waals surface area contributed by atoms with E-state index in [1.54, 1.807) is 25.3 Å². The summed E-state index contributed by atoms with van der Waals surface area (Å²) < 4.78 is 5.29. The summed E-state index contributed by atoms with van der Waals surface area (Å²) in [4.78, 5) is 27.7. The summed E-state index contributed by atoms with van der Waals surface area (Å²) in [5.41, 5.74) is 6.77. The van der Waals surface area contributed by atoms with Gasteiger partial charge < -0.3 is 15.8 Å². The second kappa shape index (κ2) is 9.64. The highest BCUT2D eigenvalue weighted by Gasteiger charge is 2.19. The topological polar surface area (TPSA) is 94.3 Å². The van der Waals surface area contributed by atoms with Crippen molar-refractivity contribution in [3.05, 3.63) is 66.0 Å². The predicted octanol–water partition coefficient (Wildman–Crippen LogP) is 1.86. The Morgan fingerprint density at radius 3 is 2.50 bits per heavy atom. The van der Waals surface area contributed by atoms with Crippen molar-refractivity contribution in [3.63, 3.8) is 0 Å². The summed E-state index contributed by atoms with van der Waals surface area (Å²) in [6.45, 7) is 1.61. The highest BCUT2D eigenvalue weighted by Crippen LogP contribution is 2.14. The number of amides is 1. The number of benzene rings is 1. The molecule has 2 aromatic rings. The largest absolute Gasteiger partial charge is 0.459 e. The van der Waals surface area contributed by atoms with Gasteiger partial charge in [0, 0.05) is 12.4 Å². The lowest BCUT2D eigenvalue weighted by atomic mass is 10.1. The van der Waals surface area contributed by atoms with Crippen LogP contribution >= 0.6 is 12.4 Å². The average Bonchev–Trinajstić information content (AvgIpc) is 2.59. The van der Waals surface area contributed by atoms with Gasteiger partial charge in [0.1, 0.15) is 6.61 Å². The molecule has 0 aliphatic carbocycles. The van der Waals surface area contributed by atoms with Crippen LogP contribution in [0.5, 0.6) is 0 Å². The molecule has 0 aliphatic rings. The standard InChI is InChI=1S/C17H19N3O3.ClH/c1-12(18)16(21)20-15(13-6-3-2-4-7-13)11-23-17(22)14-8-5-9-19-10-14;/h2-10,12,15H,11,18H2,1H3,(H,20,21);1H/t12-,15+;/m0./s1. The maximum atomic E-state index is 12.0. The minimum atomic E-state index is -0.643. The summed E-state index contributed by atoms with van der Waals surface area (Å²) in [6.07, 6.45) is 3.01. The molecular weight excluding hydrogens is 330 g/mol. The van der Waals surface area contributed by atoms with Crippen LogP contribution in [0.4, 0.5) is 0 Å². The van der Waals surface area contributed by atoms with Gasteiger partial charge in [-0.2, -0.15) is 0 Å². The lowest BCUT2D eigenvalue weighted by Crippen LogP contribution is -2.41. The molecule has 128 valence electrons. The molecule has 1 aromatic heterocycles. The Labute approximate surface area is 146 Å². The van der Waals surface area contributed by atoms with Gasteiger partial charge in [0.05, 0.1) is 17.6 Å². The number of pyridine rings is 1. The van der Waals surface area contributed by atoms with Crippen LogP contribution in [0.15, 0.2) is 54.9 Å². The molecular formula is C17H20ClN3O3. The van der Waals surface area contributed by atoms with Crippen molar-refractivity contribution in [2.75, 3.05) is 6.61 Å². The zero-order valence-electron chi connectivity index (χ0n) is 13.2. The zero-order valence-corrected chi connectivity index (χ0v) is 14.0. The van der Waals surface area contributed by atoms with Gasteiger partial charge in [-0.1, -0.05) is 30.3 Å². The molecule has 3 N–H and O–H groups in total. The summed E-state index contributed by atoms with van der Waals surface area (Å²) in [5.74, 6) is -0.801. The third kappa shape index (κ3) is 5.64. The lowest BCUT2D eigenvalue weighted by Gasteiger charge is -2.20. The molecule has 6 nitrogen and oxygen atoms in total. The van der Waals surface area contributed by atoms with Crippen LogP contribution in [0.2, 0.25) is 0 Å². The molecule has 2 rings (SSSR count). The van der Waals surface area contributed by atoms with Gasteiger partial charge in [0.25, 0.3) is 0 Å². The van der Waals surface area contributed by atoms with Gasteiger partial charge >= 0.3 is 5.97 Å². The Hall–Kier alpha value is -2.44. The Kier molecular flexibility index (Phi) is 7.88. The van der Waals surface area contributed by atoms with Gasteiger partial charge in [-0.25, -0.2) is 4.79 Å². The van der Waals surface area contributed by atoms with Gasteiger partial charge in [-0.3, -0.25) is 9.78 Å². The third-order valence-corrected chi connectivity index (χ3v) is 3.21. The molecule has 0 unspecified atom stereocenters. The van der Waals surface area contributed by atoms with E-state index in [9.17, 15) is 9.59 Å². The van der Waals surface area contributed by atoms with Gasteiger partial charge in [-0.05, 0) is 24.6 Å². The first-order chi connectivity index (χ1) is 11.1. The fourth-order valence-corrected chi connectivity index (χ4v) is 1.94. The molecule has 0 aliphatic heterocycles. The summed E-state index contributed by atoms with van der Waals surface area (Å²) >= 11 is 0. The number of nitrogens with two attached hydrogens (primary N) is 1. The van der Waals surface area contributed by atoms with Gasteiger partial charge in [-0.15, -0.1) is 12.4 Å². The molecule has 0 fully saturated rings. The number of carbonyl (C=O) groups is 2. The number of carbonyl (C=O) groups excluding carboxylic acids is 2. The van der Waals surface area contributed by atoms with Crippen LogP contribution in [0, 0.1) is 0 Å². The molecule has 0 radical (unpaired) electrons. The number of halogens is 1. The van der Waals surface area contributed by atoms with Gasteiger partial charge in [0.2, 0.25) is 5.91 Å². The lowest BCUT2D eigenvalue weighted by molar-refractivity contribution is -0.123. The van der Waals surface area contributed by atoms with Crippen molar-refractivity contribution in [3.8, 4) is 0 Å². The number of esters is 1. The SMILES string of the molecule is C[C@H](N)C(=O)N[C@H](COC(=O)c1cccnc1)c1ccccc1.Cl. The molecule has 7 heteroatoms. The minimum Gasteiger partial charge on any atom is -0.459 e. The number of aromatic nitrogens is 1. The predicted molar refractivity (Wildman–Crippen MR) is 92.7 cm³/mol. The van der Waals surface area contributed by atoms with E-state index >= 15 is 0 Å². The Balaban J connectivity index is 0.00000288. The van der Waals surface area contributed by atoms with Crippen molar-refractivity contribution < 1.29 is 14.3 Å². The molecule has 0 bridgehead atoms. The van der Waals surface area contributed by atoms with Crippen LogP contribution in [-0.4, -0.2) is 29.5 Å². The molecule has 1 heterocycles. The summed E-state index contributed by atoms with van der Waals surface area (Å²) in [6, 6.07) is 11.4. The van der Waals surface area contributed by atoms with E-state index in [0.717, 1.165) is 5.56 Å². The van der Waals surface area contributed by atoms with E-state index in [0.29, 0.717) is 5.56 Å². The van der Waals surface area contributed by atoms with Crippen molar-refractivity contribution in [1.82, 2.24) is 10.3 Å². The van der Waals surface area contributed by atoms with E-state index in [2.05, 4.69) is 10.3 Å². The molecule has 24 heavy (non-hydrogen) atoms. The zero-order chi connectivity index (χ0) is 16.7. The van der Waals surface area contributed by atoms with E-state index in [-0.39, 0.29) is 24.9 Å². The molecule has 1 aromatic carbocycles. The van der Waals surface area contributed by atoms with E-state index in [1.165, 1.54) is 6.20 Å². The molecule has 2 atom stereocenters. The first-order valence-electron chi connectivity index (χ1n) is 7.26. The van der Waals surface area contributed by atoms with Gasteiger partial charge in [0.15, 0.2) is 0 Å². The molecule has 0 saturated heterocycles. The second-order valence-corrected chi connectivity index (χ2v) is 5.10. The first kappa shape index (κ1) is 19.6. The van der Waals surface area contributed by atoms with Crippen LogP contribution in [0.1, 0.15) is 28.9 Å². The van der Waals surface area contributed by atoms with Crippen LogP contribution in [0.25, 0.3) is 0 Å². The Bertz CT molecular complexity index is 651. The number of nitrogens with zero attached hydrogens (tertiary/aromatic N) is 1. The average molecular weight is 350 g/mol. The monoisotopic (exact) mass is 349 g/mol. The Morgan fingerprint density at radius 2 is 1.92 bits per heavy atom. The quantitative estimate of drug-likeness (QED) is 0.776. The number of hydrogen-bond acceptors (Lipinski definition) is 5. The fourth-order valence-electron chi connectivity index (χ4n) is 1.94. The highest BCUT2D eigenvalue weighted by atomic mass is 35.5. The molecule has 1 amide bonds. The minimum absolute atomic E-state index is 0. The van der Waals surface area contributed by atoms with Crippen LogP contribution in [-0.2, 0) is 9.53 Å². The van der Waals surface area contributed by atoms with Crippen molar-refractivity contribution in [1.29, 1.82) is 0 Å². The first-order valence-corrected chi connectivity index (χ1v) is 7.26. The fraction of sp³-hybridized carbons (Fsp3) is 0.235. The number of rotatable bonds is 6. The van der Waals surface area contributed by atoms with Crippen LogP contribution in [0.3, 0.4) is 0 Å². The maximum absolute atomic E-state index is 12.0. The Morgan fingerprint density at radius 1 is 1.21 bits per heavy atom. The van der Waals surface area contributed by atoms with Crippen molar-refractivity contribution in [2.24, 2.45) is 5.73 Å². The third-order valence-electron chi connectivity index (χ3n) is 3.21. The van der Waals surface area contributed by atoms with Crippen molar-refractivity contribution in [2.45, 2.75) is 19.0 Å². The second-order valence-electron chi connectivity index (χ2n) is 5.10. The summed E-state index contributed by atoms with van der Waals surface area (Å²) in [5, 5.41) is 2.78.